The van der Waals surface area contributed by atoms with E-state index < -0.39 is 23.9 Å². The van der Waals surface area contributed by atoms with Gasteiger partial charge in [-0.3, -0.25) is 4.79 Å². The molecule has 1 saturated carbocycles. The molecule has 0 radical (unpaired) electrons. The van der Waals surface area contributed by atoms with Crippen LogP contribution < -0.4 is 5.32 Å². The standard InChI is InChI=1S/C18H19F3N2O2/c19-18(20,21)14-9-5-4-8-13(14)17(24)23-11-16-22-10-15(25-16)12-6-2-1-3-7-12/h1-3,6-7,10,13-14H,4-5,8-9,11H2,(H,23,24)/t13-,14-/m1/s1. The maximum absolute atomic E-state index is 13.1. The molecule has 1 amide bonds. The molecule has 1 N–H and O–H groups in total. The molecular weight excluding hydrogens is 333 g/mol. The van der Waals surface area contributed by atoms with E-state index in [2.05, 4.69) is 10.3 Å². The molecule has 134 valence electrons. The van der Waals surface area contributed by atoms with Gasteiger partial charge < -0.3 is 9.73 Å². The zero-order valence-corrected chi connectivity index (χ0v) is 13.6. The lowest BCUT2D eigenvalue weighted by molar-refractivity contribution is -0.198. The summed E-state index contributed by atoms with van der Waals surface area (Å²) >= 11 is 0. The minimum atomic E-state index is -4.34. The van der Waals surface area contributed by atoms with Crippen molar-refractivity contribution in [2.75, 3.05) is 0 Å². The second kappa shape index (κ2) is 7.29. The van der Waals surface area contributed by atoms with E-state index in [1.54, 1.807) is 0 Å². The minimum absolute atomic E-state index is 0.0126. The van der Waals surface area contributed by atoms with Crippen LogP contribution in [0.3, 0.4) is 0 Å². The Labute approximate surface area is 143 Å². The van der Waals surface area contributed by atoms with Crippen molar-refractivity contribution in [2.24, 2.45) is 11.8 Å². The van der Waals surface area contributed by atoms with Crippen LogP contribution in [-0.2, 0) is 11.3 Å². The molecule has 1 aromatic heterocycles. The molecular formula is C18H19F3N2O2. The predicted octanol–water partition coefficient (Wildman–Crippen LogP) is 4.33. The fourth-order valence-electron chi connectivity index (χ4n) is 3.26. The molecule has 0 unspecified atom stereocenters. The number of halogens is 3. The Kier molecular flexibility index (Phi) is 5.11. The Morgan fingerprint density at radius 2 is 1.92 bits per heavy atom. The lowest BCUT2D eigenvalue weighted by Crippen LogP contribution is -2.42. The Hall–Kier alpha value is -2.31. The SMILES string of the molecule is O=C(NCc1ncc(-c2ccccc2)o1)[C@@H]1CCCC[C@H]1C(F)(F)F. The van der Waals surface area contributed by atoms with Crippen LogP contribution in [0.5, 0.6) is 0 Å². The van der Waals surface area contributed by atoms with Gasteiger partial charge in [0.1, 0.15) is 0 Å². The molecule has 0 aliphatic heterocycles. The number of nitrogens with zero attached hydrogens (tertiary/aromatic N) is 1. The lowest BCUT2D eigenvalue weighted by Gasteiger charge is -2.31. The molecule has 0 spiro atoms. The van der Waals surface area contributed by atoms with Gasteiger partial charge in [-0.25, -0.2) is 4.98 Å². The summed E-state index contributed by atoms with van der Waals surface area (Å²) in [6.45, 7) is -0.0211. The van der Waals surface area contributed by atoms with Crippen molar-refractivity contribution in [1.82, 2.24) is 10.3 Å². The van der Waals surface area contributed by atoms with Crippen LogP contribution in [0.15, 0.2) is 40.9 Å². The first-order valence-corrected chi connectivity index (χ1v) is 8.29. The topological polar surface area (TPSA) is 55.1 Å². The molecule has 1 fully saturated rings. The average Bonchev–Trinajstić information content (AvgIpc) is 3.09. The van der Waals surface area contributed by atoms with Crippen molar-refractivity contribution >= 4 is 5.91 Å². The highest BCUT2D eigenvalue weighted by atomic mass is 19.4. The molecule has 1 aromatic carbocycles. The number of nitrogens with one attached hydrogen (secondary N) is 1. The number of hydrogen-bond donors (Lipinski definition) is 1. The maximum atomic E-state index is 13.1. The molecule has 4 nitrogen and oxygen atoms in total. The molecule has 7 heteroatoms. The van der Waals surface area contributed by atoms with Crippen molar-refractivity contribution in [3.63, 3.8) is 0 Å². The van der Waals surface area contributed by atoms with Crippen LogP contribution in [0.2, 0.25) is 0 Å². The van der Waals surface area contributed by atoms with E-state index in [1.165, 1.54) is 6.20 Å². The average molecular weight is 352 g/mol. The summed E-state index contributed by atoms with van der Waals surface area (Å²) in [5, 5.41) is 2.54. The van der Waals surface area contributed by atoms with Crippen LogP contribution in [0, 0.1) is 11.8 Å². The quantitative estimate of drug-likeness (QED) is 0.891. The smallest absolute Gasteiger partial charge is 0.392 e. The molecule has 25 heavy (non-hydrogen) atoms. The molecule has 0 saturated heterocycles. The van der Waals surface area contributed by atoms with Gasteiger partial charge in [0.05, 0.1) is 18.7 Å². The number of benzene rings is 1. The van der Waals surface area contributed by atoms with Gasteiger partial charge in [-0.2, -0.15) is 13.2 Å². The first-order chi connectivity index (χ1) is 11.9. The van der Waals surface area contributed by atoms with Crippen molar-refractivity contribution < 1.29 is 22.4 Å². The first kappa shape index (κ1) is 17.5. The second-order valence-electron chi connectivity index (χ2n) is 6.24. The monoisotopic (exact) mass is 352 g/mol. The summed E-state index contributed by atoms with van der Waals surface area (Å²) in [4.78, 5) is 16.3. The zero-order chi connectivity index (χ0) is 17.9. The largest absolute Gasteiger partial charge is 0.439 e. The number of amides is 1. The van der Waals surface area contributed by atoms with Gasteiger partial charge in [0.15, 0.2) is 5.76 Å². The summed E-state index contributed by atoms with van der Waals surface area (Å²) in [5.41, 5.74) is 0.844. The summed E-state index contributed by atoms with van der Waals surface area (Å²) in [5.74, 6) is -2.35. The third-order valence-electron chi connectivity index (χ3n) is 4.55. The number of hydrogen-bond acceptors (Lipinski definition) is 3. The van der Waals surface area contributed by atoms with E-state index in [4.69, 9.17) is 4.42 Å². The van der Waals surface area contributed by atoms with E-state index in [0.717, 1.165) is 5.56 Å². The third-order valence-corrected chi connectivity index (χ3v) is 4.55. The molecule has 1 aliphatic carbocycles. The van der Waals surface area contributed by atoms with Gasteiger partial charge in [0.2, 0.25) is 11.8 Å². The zero-order valence-electron chi connectivity index (χ0n) is 13.6. The van der Waals surface area contributed by atoms with Gasteiger partial charge in [0, 0.05) is 11.5 Å². The van der Waals surface area contributed by atoms with Crippen LogP contribution in [-0.4, -0.2) is 17.1 Å². The van der Waals surface area contributed by atoms with Gasteiger partial charge in [-0.05, 0) is 12.8 Å². The summed E-state index contributed by atoms with van der Waals surface area (Å²) in [6, 6.07) is 9.32. The van der Waals surface area contributed by atoms with Crippen LogP contribution in [0.4, 0.5) is 13.2 Å². The fourth-order valence-corrected chi connectivity index (χ4v) is 3.26. The highest BCUT2D eigenvalue weighted by Gasteiger charge is 2.47. The van der Waals surface area contributed by atoms with E-state index in [9.17, 15) is 18.0 Å². The van der Waals surface area contributed by atoms with Crippen molar-refractivity contribution in [1.29, 1.82) is 0 Å². The first-order valence-electron chi connectivity index (χ1n) is 8.29. The number of alkyl halides is 3. The number of oxazole rings is 1. The minimum Gasteiger partial charge on any atom is -0.439 e. The molecule has 1 aliphatic rings. The molecule has 2 atom stereocenters. The highest BCUT2D eigenvalue weighted by Crippen LogP contribution is 2.41. The van der Waals surface area contributed by atoms with Gasteiger partial charge in [0.25, 0.3) is 0 Å². The Morgan fingerprint density at radius 1 is 1.20 bits per heavy atom. The molecule has 1 heterocycles. The number of carbonyl (C=O) groups is 1. The Morgan fingerprint density at radius 3 is 2.64 bits per heavy atom. The van der Waals surface area contributed by atoms with E-state index in [-0.39, 0.29) is 25.3 Å². The number of carbonyl (C=O) groups excluding carboxylic acids is 1. The highest BCUT2D eigenvalue weighted by molar-refractivity contribution is 5.79. The van der Waals surface area contributed by atoms with Crippen LogP contribution in [0.25, 0.3) is 11.3 Å². The lowest BCUT2D eigenvalue weighted by atomic mass is 9.78. The van der Waals surface area contributed by atoms with Crippen molar-refractivity contribution in [3.8, 4) is 11.3 Å². The number of aromatic nitrogens is 1. The van der Waals surface area contributed by atoms with E-state index in [1.807, 2.05) is 30.3 Å². The third kappa shape index (κ3) is 4.21. The summed E-state index contributed by atoms with van der Waals surface area (Å²) in [7, 11) is 0. The van der Waals surface area contributed by atoms with Crippen LogP contribution >= 0.6 is 0 Å². The van der Waals surface area contributed by atoms with E-state index >= 15 is 0 Å². The molecule has 0 bridgehead atoms. The van der Waals surface area contributed by atoms with Gasteiger partial charge in [-0.1, -0.05) is 43.2 Å². The predicted molar refractivity (Wildman–Crippen MR) is 85.3 cm³/mol. The summed E-state index contributed by atoms with van der Waals surface area (Å²) in [6.07, 6.45) is -1.38. The maximum Gasteiger partial charge on any atom is 0.392 e. The van der Waals surface area contributed by atoms with Crippen molar-refractivity contribution in [3.05, 3.63) is 42.4 Å². The van der Waals surface area contributed by atoms with Crippen molar-refractivity contribution in [2.45, 2.75) is 38.4 Å². The van der Waals surface area contributed by atoms with E-state index in [0.29, 0.717) is 18.6 Å². The molecule has 2 aromatic rings. The summed E-state index contributed by atoms with van der Waals surface area (Å²) < 4.78 is 44.8. The number of rotatable bonds is 4. The van der Waals surface area contributed by atoms with Gasteiger partial charge >= 0.3 is 6.18 Å². The Balaban J connectivity index is 1.61. The normalized spacial score (nSPS) is 21.1. The van der Waals surface area contributed by atoms with Crippen LogP contribution in [0.1, 0.15) is 31.6 Å². The fraction of sp³-hybridized carbons (Fsp3) is 0.444. The Bertz CT molecular complexity index is 713. The molecule has 3 rings (SSSR count). The van der Waals surface area contributed by atoms with Gasteiger partial charge in [-0.15, -0.1) is 0 Å². The second-order valence-corrected chi connectivity index (χ2v) is 6.24.